The van der Waals surface area contributed by atoms with Crippen molar-refractivity contribution in [2.45, 2.75) is 39.8 Å². The standard InChI is InChI=1S/C27H29N3O3/c1-17-14-25(33-4)23(27(32)29-17)16-28-26(31)15-22-19(3)30(24-13-9-8-12-21(22)24)18(2)20-10-6-5-7-11-20/h5-14,18H,15-16H2,1-4H3,(H,28,31)(H,29,32). The van der Waals surface area contributed by atoms with Crippen molar-refractivity contribution in [3.63, 3.8) is 0 Å². The maximum atomic E-state index is 12.9. The van der Waals surface area contributed by atoms with Gasteiger partial charge in [0.25, 0.3) is 5.56 Å². The highest BCUT2D eigenvalue weighted by molar-refractivity contribution is 5.91. The fourth-order valence-electron chi connectivity index (χ4n) is 4.51. The molecular formula is C27H29N3O3. The van der Waals surface area contributed by atoms with Crippen LogP contribution in [0.4, 0.5) is 0 Å². The molecule has 4 aromatic rings. The molecule has 170 valence electrons. The van der Waals surface area contributed by atoms with Crippen molar-refractivity contribution in [1.29, 1.82) is 0 Å². The molecule has 0 bridgehead atoms. The van der Waals surface area contributed by atoms with Crippen molar-refractivity contribution in [3.8, 4) is 5.75 Å². The predicted octanol–water partition coefficient (Wildman–Crippen LogP) is 4.42. The fourth-order valence-corrected chi connectivity index (χ4v) is 4.51. The molecule has 1 amide bonds. The lowest BCUT2D eigenvalue weighted by atomic mass is 10.1. The number of nitrogens with zero attached hydrogens (tertiary/aromatic N) is 1. The van der Waals surface area contributed by atoms with Gasteiger partial charge >= 0.3 is 0 Å². The molecule has 0 saturated heterocycles. The van der Waals surface area contributed by atoms with Gasteiger partial charge in [-0.05, 0) is 44.0 Å². The minimum atomic E-state index is -0.253. The maximum absolute atomic E-state index is 12.9. The zero-order valence-electron chi connectivity index (χ0n) is 19.4. The molecule has 2 N–H and O–H groups in total. The monoisotopic (exact) mass is 443 g/mol. The van der Waals surface area contributed by atoms with Gasteiger partial charge in [-0.15, -0.1) is 0 Å². The molecule has 2 aromatic carbocycles. The lowest BCUT2D eigenvalue weighted by Crippen LogP contribution is -2.28. The molecular weight excluding hydrogens is 414 g/mol. The first-order chi connectivity index (χ1) is 15.9. The van der Waals surface area contributed by atoms with Gasteiger partial charge in [-0.2, -0.15) is 0 Å². The van der Waals surface area contributed by atoms with Gasteiger partial charge in [0.05, 0.1) is 31.7 Å². The van der Waals surface area contributed by atoms with Crippen molar-refractivity contribution < 1.29 is 9.53 Å². The summed E-state index contributed by atoms with van der Waals surface area (Å²) in [5, 5.41) is 3.96. The molecule has 6 heteroatoms. The molecule has 6 nitrogen and oxygen atoms in total. The van der Waals surface area contributed by atoms with Crippen LogP contribution in [0.2, 0.25) is 0 Å². The number of aromatic amines is 1. The average molecular weight is 444 g/mol. The van der Waals surface area contributed by atoms with E-state index in [1.165, 1.54) is 12.7 Å². The number of aromatic nitrogens is 2. The normalized spacial score (nSPS) is 12.0. The number of H-pyrrole nitrogens is 1. The molecule has 2 heterocycles. The van der Waals surface area contributed by atoms with Gasteiger partial charge in [0, 0.05) is 22.3 Å². The molecule has 0 saturated carbocycles. The number of nitrogens with one attached hydrogen (secondary N) is 2. The Hall–Kier alpha value is -3.80. The molecule has 33 heavy (non-hydrogen) atoms. The molecule has 0 aliphatic carbocycles. The van der Waals surface area contributed by atoms with E-state index in [-0.39, 0.29) is 30.5 Å². The smallest absolute Gasteiger partial charge is 0.256 e. The number of carbonyl (C=O) groups is 1. The number of carbonyl (C=O) groups excluding carboxylic acids is 1. The van der Waals surface area contributed by atoms with Gasteiger partial charge in [-0.25, -0.2) is 0 Å². The van der Waals surface area contributed by atoms with Crippen LogP contribution in [0, 0.1) is 13.8 Å². The second kappa shape index (κ2) is 9.36. The Morgan fingerprint density at radius 1 is 1.06 bits per heavy atom. The lowest BCUT2D eigenvalue weighted by Gasteiger charge is -2.18. The van der Waals surface area contributed by atoms with Crippen LogP contribution in [0.15, 0.2) is 65.5 Å². The number of hydrogen-bond donors (Lipinski definition) is 2. The lowest BCUT2D eigenvalue weighted by molar-refractivity contribution is -0.120. The largest absolute Gasteiger partial charge is 0.496 e. The summed E-state index contributed by atoms with van der Waals surface area (Å²) in [6, 6.07) is 20.4. The van der Waals surface area contributed by atoms with E-state index in [0.29, 0.717) is 17.0 Å². The first kappa shape index (κ1) is 22.4. The van der Waals surface area contributed by atoms with Gasteiger partial charge in [-0.3, -0.25) is 9.59 Å². The molecule has 1 atom stereocenters. The number of aryl methyl sites for hydroxylation is 1. The minimum absolute atomic E-state index is 0.107. The first-order valence-corrected chi connectivity index (χ1v) is 11.1. The van der Waals surface area contributed by atoms with Crippen LogP contribution >= 0.6 is 0 Å². The number of amides is 1. The van der Waals surface area contributed by atoms with E-state index in [1.54, 1.807) is 13.0 Å². The summed E-state index contributed by atoms with van der Waals surface area (Å²) in [4.78, 5) is 28.0. The second-order valence-corrected chi connectivity index (χ2v) is 8.32. The molecule has 0 spiro atoms. The van der Waals surface area contributed by atoms with Crippen LogP contribution in [0.3, 0.4) is 0 Å². The Morgan fingerprint density at radius 2 is 1.76 bits per heavy atom. The van der Waals surface area contributed by atoms with Crippen molar-refractivity contribution >= 4 is 16.8 Å². The van der Waals surface area contributed by atoms with E-state index in [4.69, 9.17) is 4.74 Å². The highest BCUT2D eigenvalue weighted by Gasteiger charge is 2.20. The van der Waals surface area contributed by atoms with E-state index in [9.17, 15) is 9.59 Å². The number of pyridine rings is 1. The van der Waals surface area contributed by atoms with Gasteiger partial charge in [-0.1, -0.05) is 48.5 Å². The van der Waals surface area contributed by atoms with Crippen molar-refractivity contribution in [2.24, 2.45) is 0 Å². The van der Waals surface area contributed by atoms with Crippen LogP contribution in [0.1, 0.15) is 41.0 Å². The zero-order valence-corrected chi connectivity index (χ0v) is 19.4. The number of benzene rings is 2. The van der Waals surface area contributed by atoms with Crippen molar-refractivity contribution in [3.05, 3.63) is 99.1 Å². The Kier molecular flexibility index (Phi) is 6.36. The number of rotatable bonds is 7. The minimum Gasteiger partial charge on any atom is -0.496 e. The van der Waals surface area contributed by atoms with Crippen LogP contribution in [-0.2, 0) is 17.8 Å². The second-order valence-electron chi connectivity index (χ2n) is 8.32. The van der Waals surface area contributed by atoms with Crippen LogP contribution in [-0.4, -0.2) is 22.6 Å². The summed E-state index contributed by atoms with van der Waals surface area (Å²) in [6.07, 6.45) is 0.229. The van der Waals surface area contributed by atoms with Gasteiger partial charge < -0.3 is 19.6 Å². The predicted molar refractivity (Wildman–Crippen MR) is 131 cm³/mol. The Balaban J connectivity index is 1.62. The summed E-state index contributed by atoms with van der Waals surface area (Å²) in [5.41, 5.74) is 5.24. The molecule has 0 aliphatic rings. The first-order valence-electron chi connectivity index (χ1n) is 11.1. The van der Waals surface area contributed by atoms with Crippen LogP contribution < -0.4 is 15.6 Å². The zero-order chi connectivity index (χ0) is 23.5. The van der Waals surface area contributed by atoms with Gasteiger partial charge in [0.15, 0.2) is 0 Å². The summed E-state index contributed by atoms with van der Waals surface area (Å²) in [7, 11) is 1.52. The number of para-hydroxylation sites is 1. The Labute approximate surface area is 193 Å². The summed E-state index contributed by atoms with van der Waals surface area (Å²) < 4.78 is 7.62. The van der Waals surface area contributed by atoms with E-state index >= 15 is 0 Å². The van der Waals surface area contributed by atoms with Crippen LogP contribution in [0.25, 0.3) is 10.9 Å². The Bertz CT molecular complexity index is 1350. The van der Waals surface area contributed by atoms with E-state index in [1.807, 2.05) is 30.3 Å². The highest BCUT2D eigenvalue weighted by atomic mass is 16.5. The average Bonchev–Trinajstić information content (AvgIpc) is 3.09. The van der Waals surface area contributed by atoms with Gasteiger partial charge in [0.2, 0.25) is 5.91 Å². The van der Waals surface area contributed by atoms with E-state index < -0.39 is 0 Å². The Morgan fingerprint density at radius 3 is 2.48 bits per heavy atom. The number of methoxy groups -OCH3 is 1. The third kappa shape index (κ3) is 4.42. The quantitative estimate of drug-likeness (QED) is 0.444. The van der Waals surface area contributed by atoms with E-state index in [2.05, 4.69) is 53.0 Å². The number of hydrogen-bond acceptors (Lipinski definition) is 3. The molecule has 4 rings (SSSR count). The molecule has 0 fully saturated rings. The third-order valence-electron chi connectivity index (χ3n) is 6.21. The third-order valence-corrected chi connectivity index (χ3v) is 6.21. The molecule has 2 aromatic heterocycles. The molecule has 0 radical (unpaired) electrons. The summed E-state index contributed by atoms with van der Waals surface area (Å²) >= 11 is 0. The highest BCUT2D eigenvalue weighted by Crippen LogP contribution is 2.32. The van der Waals surface area contributed by atoms with E-state index in [0.717, 1.165) is 22.2 Å². The number of ether oxygens (including phenoxy) is 1. The molecule has 1 unspecified atom stereocenters. The SMILES string of the molecule is COc1cc(C)[nH]c(=O)c1CNC(=O)Cc1c(C)n(C(C)c2ccccc2)c2ccccc12. The number of fused-ring (bicyclic) bond motifs is 1. The topological polar surface area (TPSA) is 76.1 Å². The van der Waals surface area contributed by atoms with Gasteiger partial charge in [0.1, 0.15) is 5.75 Å². The van der Waals surface area contributed by atoms with Crippen molar-refractivity contribution in [2.75, 3.05) is 7.11 Å². The van der Waals surface area contributed by atoms with Crippen molar-refractivity contribution in [1.82, 2.24) is 14.9 Å². The fraction of sp³-hybridized carbons (Fsp3) is 0.259. The summed E-state index contributed by atoms with van der Waals surface area (Å²) in [6.45, 7) is 6.14. The summed E-state index contributed by atoms with van der Waals surface area (Å²) in [5.74, 6) is 0.330. The molecule has 0 aliphatic heterocycles. The van der Waals surface area contributed by atoms with Crippen LogP contribution in [0.5, 0.6) is 5.75 Å². The maximum Gasteiger partial charge on any atom is 0.256 e.